The lowest BCUT2D eigenvalue weighted by Crippen LogP contribution is -2.57. The SMILES string of the molecule is CN1CC(N)(c2ccccc2)CC(F)C1=O. The second-order valence-electron chi connectivity index (χ2n) is 4.39. The van der Waals surface area contributed by atoms with Crippen LogP contribution in [0.2, 0.25) is 0 Å². The van der Waals surface area contributed by atoms with E-state index in [0.717, 1.165) is 5.56 Å². The van der Waals surface area contributed by atoms with Crippen molar-refractivity contribution in [3.63, 3.8) is 0 Å². The van der Waals surface area contributed by atoms with Gasteiger partial charge in [0.1, 0.15) is 0 Å². The summed E-state index contributed by atoms with van der Waals surface area (Å²) in [4.78, 5) is 12.7. The van der Waals surface area contributed by atoms with Crippen LogP contribution < -0.4 is 5.73 Å². The van der Waals surface area contributed by atoms with E-state index in [0.29, 0.717) is 6.54 Å². The number of nitrogens with two attached hydrogens (primary N) is 1. The summed E-state index contributed by atoms with van der Waals surface area (Å²) in [6.07, 6.45) is -1.44. The number of carbonyl (C=O) groups is 1. The van der Waals surface area contributed by atoms with Crippen molar-refractivity contribution in [2.75, 3.05) is 13.6 Å². The van der Waals surface area contributed by atoms with Gasteiger partial charge in [-0.2, -0.15) is 0 Å². The van der Waals surface area contributed by atoms with Gasteiger partial charge in [-0.25, -0.2) is 4.39 Å². The van der Waals surface area contributed by atoms with Crippen molar-refractivity contribution in [3.8, 4) is 0 Å². The number of hydrogen-bond acceptors (Lipinski definition) is 2. The van der Waals surface area contributed by atoms with Crippen LogP contribution in [-0.4, -0.2) is 30.6 Å². The fourth-order valence-corrected chi connectivity index (χ4v) is 2.19. The van der Waals surface area contributed by atoms with Gasteiger partial charge in [-0.15, -0.1) is 0 Å². The van der Waals surface area contributed by atoms with E-state index in [9.17, 15) is 9.18 Å². The normalized spacial score (nSPS) is 30.6. The number of rotatable bonds is 1. The highest BCUT2D eigenvalue weighted by molar-refractivity contribution is 5.81. The Hall–Kier alpha value is -1.42. The predicted molar refractivity (Wildman–Crippen MR) is 59.5 cm³/mol. The maximum atomic E-state index is 13.5. The summed E-state index contributed by atoms with van der Waals surface area (Å²) in [6, 6.07) is 9.37. The average Bonchev–Trinajstić information content (AvgIpc) is 2.27. The molecule has 0 radical (unpaired) electrons. The van der Waals surface area contributed by atoms with E-state index in [1.54, 1.807) is 7.05 Å². The molecule has 1 heterocycles. The van der Waals surface area contributed by atoms with Gasteiger partial charge in [-0.3, -0.25) is 4.79 Å². The third-order valence-electron chi connectivity index (χ3n) is 3.06. The first-order valence-electron chi connectivity index (χ1n) is 5.26. The Kier molecular flexibility index (Phi) is 2.68. The maximum Gasteiger partial charge on any atom is 0.257 e. The third-order valence-corrected chi connectivity index (χ3v) is 3.06. The van der Waals surface area contributed by atoms with Gasteiger partial charge in [0.25, 0.3) is 5.91 Å². The van der Waals surface area contributed by atoms with Crippen molar-refractivity contribution in [1.29, 1.82) is 0 Å². The molecule has 1 amide bonds. The molecule has 2 N–H and O–H groups in total. The van der Waals surface area contributed by atoms with Gasteiger partial charge in [-0.05, 0) is 5.56 Å². The zero-order valence-corrected chi connectivity index (χ0v) is 9.19. The van der Waals surface area contributed by atoms with Crippen LogP contribution in [0.15, 0.2) is 30.3 Å². The number of piperidine rings is 1. The number of likely N-dealkylation sites (tertiary alicyclic amines) is 1. The second kappa shape index (κ2) is 3.87. The van der Waals surface area contributed by atoms with E-state index in [-0.39, 0.29) is 6.42 Å². The second-order valence-corrected chi connectivity index (χ2v) is 4.39. The van der Waals surface area contributed by atoms with E-state index in [4.69, 9.17) is 5.73 Å². The number of nitrogens with zero attached hydrogens (tertiary/aromatic N) is 1. The molecule has 4 heteroatoms. The van der Waals surface area contributed by atoms with Gasteiger partial charge in [0.2, 0.25) is 0 Å². The van der Waals surface area contributed by atoms with E-state index in [1.165, 1.54) is 4.90 Å². The number of likely N-dealkylation sites (N-methyl/N-ethyl adjacent to an activating group) is 1. The molecule has 0 aromatic heterocycles. The van der Waals surface area contributed by atoms with Crippen molar-refractivity contribution in [3.05, 3.63) is 35.9 Å². The molecule has 1 saturated heterocycles. The van der Waals surface area contributed by atoms with Crippen molar-refractivity contribution >= 4 is 5.91 Å². The molecule has 1 aliphatic heterocycles. The van der Waals surface area contributed by atoms with Crippen LogP contribution in [-0.2, 0) is 10.3 Å². The zero-order valence-electron chi connectivity index (χ0n) is 9.19. The van der Waals surface area contributed by atoms with Crippen LogP contribution in [0.25, 0.3) is 0 Å². The highest BCUT2D eigenvalue weighted by Crippen LogP contribution is 2.30. The molecule has 2 rings (SSSR count). The molecule has 2 unspecified atom stereocenters. The number of halogens is 1. The average molecular weight is 222 g/mol. The van der Waals surface area contributed by atoms with Gasteiger partial charge in [0.15, 0.2) is 6.17 Å². The molecular formula is C12H15FN2O. The molecule has 1 fully saturated rings. The van der Waals surface area contributed by atoms with Gasteiger partial charge < -0.3 is 10.6 Å². The summed E-state index contributed by atoms with van der Waals surface area (Å²) in [6.45, 7) is 0.357. The quantitative estimate of drug-likeness (QED) is 0.771. The Morgan fingerprint density at radius 3 is 2.62 bits per heavy atom. The number of alkyl halides is 1. The zero-order chi connectivity index (χ0) is 11.8. The third kappa shape index (κ3) is 1.80. The highest BCUT2D eigenvalue weighted by atomic mass is 19.1. The molecule has 86 valence electrons. The standard InChI is InChI=1S/C12H15FN2O/c1-15-8-12(14,7-10(13)11(15)16)9-5-3-2-4-6-9/h2-6,10H,7-8,14H2,1H3. The molecule has 0 saturated carbocycles. The molecule has 0 bridgehead atoms. The topological polar surface area (TPSA) is 46.3 Å². The first-order valence-corrected chi connectivity index (χ1v) is 5.26. The Morgan fingerprint density at radius 1 is 1.44 bits per heavy atom. The lowest BCUT2D eigenvalue weighted by molar-refractivity contribution is -0.140. The van der Waals surface area contributed by atoms with Gasteiger partial charge >= 0.3 is 0 Å². The summed E-state index contributed by atoms with van der Waals surface area (Å²) >= 11 is 0. The van der Waals surface area contributed by atoms with Crippen molar-refractivity contribution in [2.24, 2.45) is 5.73 Å². The molecule has 2 atom stereocenters. The van der Waals surface area contributed by atoms with E-state index >= 15 is 0 Å². The fraction of sp³-hybridized carbons (Fsp3) is 0.417. The monoisotopic (exact) mass is 222 g/mol. The molecular weight excluding hydrogens is 207 g/mol. The minimum absolute atomic E-state index is 0.0557. The summed E-state index contributed by atoms with van der Waals surface area (Å²) < 4.78 is 13.5. The molecule has 0 spiro atoms. The van der Waals surface area contributed by atoms with Gasteiger partial charge in [0.05, 0.1) is 5.54 Å². The van der Waals surface area contributed by atoms with Crippen LogP contribution in [0.5, 0.6) is 0 Å². The van der Waals surface area contributed by atoms with E-state index < -0.39 is 17.6 Å². The lowest BCUT2D eigenvalue weighted by Gasteiger charge is -2.40. The molecule has 3 nitrogen and oxygen atoms in total. The number of carbonyl (C=O) groups excluding carboxylic acids is 1. The van der Waals surface area contributed by atoms with Crippen molar-refractivity contribution in [1.82, 2.24) is 4.90 Å². The lowest BCUT2D eigenvalue weighted by atomic mass is 9.82. The summed E-state index contributed by atoms with van der Waals surface area (Å²) in [5.41, 5.74) is 6.29. The number of benzene rings is 1. The maximum absolute atomic E-state index is 13.5. The molecule has 0 aliphatic carbocycles. The van der Waals surface area contributed by atoms with Crippen molar-refractivity contribution in [2.45, 2.75) is 18.1 Å². The minimum atomic E-state index is -1.50. The first-order chi connectivity index (χ1) is 7.53. The predicted octanol–water partition coefficient (Wildman–Crippen LogP) is 1.04. The van der Waals surface area contributed by atoms with Crippen LogP contribution in [0, 0.1) is 0 Å². The number of hydrogen-bond donors (Lipinski definition) is 1. The van der Waals surface area contributed by atoms with Gasteiger partial charge in [0, 0.05) is 20.0 Å². The van der Waals surface area contributed by atoms with E-state index in [1.807, 2.05) is 30.3 Å². The smallest absolute Gasteiger partial charge is 0.257 e. The summed E-state index contributed by atoms with van der Waals surface area (Å²) in [5, 5.41) is 0. The Morgan fingerprint density at radius 2 is 2.06 bits per heavy atom. The van der Waals surface area contributed by atoms with Crippen LogP contribution in [0.4, 0.5) is 4.39 Å². The summed E-state index contributed by atoms with van der Waals surface area (Å²) in [5.74, 6) is -0.475. The summed E-state index contributed by atoms with van der Waals surface area (Å²) in [7, 11) is 1.58. The van der Waals surface area contributed by atoms with E-state index in [2.05, 4.69) is 0 Å². The molecule has 1 aromatic rings. The molecule has 16 heavy (non-hydrogen) atoms. The number of amides is 1. The van der Waals surface area contributed by atoms with Crippen molar-refractivity contribution < 1.29 is 9.18 Å². The Balaban J connectivity index is 2.30. The Bertz CT molecular complexity index is 379. The highest BCUT2D eigenvalue weighted by Gasteiger charge is 2.41. The van der Waals surface area contributed by atoms with Crippen LogP contribution in [0.1, 0.15) is 12.0 Å². The Labute approximate surface area is 94.0 Å². The van der Waals surface area contributed by atoms with Crippen LogP contribution >= 0.6 is 0 Å². The minimum Gasteiger partial charge on any atom is -0.341 e. The fourth-order valence-electron chi connectivity index (χ4n) is 2.19. The largest absolute Gasteiger partial charge is 0.341 e. The molecule has 1 aliphatic rings. The van der Waals surface area contributed by atoms with Crippen LogP contribution in [0.3, 0.4) is 0 Å². The molecule has 1 aromatic carbocycles. The first kappa shape index (κ1) is 11.1. The van der Waals surface area contributed by atoms with Gasteiger partial charge in [-0.1, -0.05) is 30.3 Å².